The number of carbonyl (C=O) groups excluding carboxylic acids is 1. The number of para-hydroxylation sites is 1. The average molecular weight is 434 g/mol. The van der Waals surface area contributed by atoms with Crippen LogP contribution in [0.15, 0.2) is 90.2 Å². The molecule has 5 nitrogen and oxygen atoms in total. The van der Waals surface area contributed by atoms with E-state index >= 15 is 0 Å². The molecule has 0 aliphatic rings. The fraction of sp³-hybridized carbons (Fsp3) is 0.0833. The molecular weight excluding hydrogens is 413 g/mol. The van der Waals surface area contributed by atoms with Gasteiger partial charge in [-0.25, -0.2) is 9.37 Å². The summed E-state index contributed by atoms with van der Waals surface area (Å²) in [5.74, 6) is 0.501. The zero-order chi connectivity index (χ0) is 21.6. The maximum absolute atomic E-state index is 13.5. The van der Waals surface area contributed by atoms with E-state index in [1.54, 1.807) is 25.4 Å². The molecule has 1 amide bonds. The second kappa shape index (κ2) is 9.49. The monoisotopic (exact) mass is 433 g/mol. The molecule has 31 heavy (non-hydrogen) atoms. The number of aromatic nitrogens is 2. The van der Waals surface area contributed by atoms with Gasteiger partial charge in [-0.2, -0.15) is 0 Å². The Morgan fingerprint density at radius 2 is 1.74 bits per heavy atom. The van der Waals surface area contributed by atoms with E-state index in [0.29, 0.717) is 5.16 Å². The van der Waals surface area contributed by atoms with Crippen molar-refractivity contribution in [3.8, 4) is 22.7 Å². The van der Waals surface area contributed by atoms with Crippen LogP contribution in [-0.2, 0) is 4.79 Å². The van der Waals surface area contributed by atoms with E-state index in [9.17, 15) is 9.18 Å². The van der Waals surface area contributed by atoms with E-state index in [-0.39, 0.29) is 17.5 Å². The van der Waals surface area contributed by atoms with Crippen molar-refractivity contribution in [1.82, 2.24) is 9.55 Å². The van der Waals surface area contributed by atoms with Gasteiger partial charge in [0.1, 0.15) is 11.6 Å². The van der Waals surface area contributed by atoms with Crippen LogP contribution in [0.4, 0.5) is 10.1 Å². The van der Waals surface area contributed by atoms with E-state index < -0.39 is 0 Å². The van der Waals surface area contributed by atoms with Crippen molar-refractivity contribution in [2.75, 3.05) is 18.2 Å². The Bertz CT molecular complexity index is 1160. The topological polar surface area (TPSA) is 56.1 Å². The van der Waals surface area contributed by atoms with Crippen molar-refractivity contribution in [1.29, 1.82) is 0 Å². The third kappa shape index (κ3) is 4.95. The average Bonchev–Trinajstić information content (AvgIpc) is 3.23. The molecule has 0 saturated carbocycles. The molecule has 0 spiro atoms. The molecule has 1 N–H and O–H groups in total. The smallest absolute Gasteiger partial charge is 0.234 e. The van der Waals surface area contributed by atoms with Gasteiger partial charge in [0, 0.05) is 16.9 Å². The van der Waals surface area contributed by atoms with Crippen molar-refractivity contribution in [2.45, 2.75) is 5.16 Å². The Morgan fingerprint density at radius 1 is 1.03 bits per heavy atom. The highest BCUT2D eigenvalue weighted by molar-refractivity contribution is 7.99. The molecule has 1 heterocycles. The molecule has 4 aromatic rings. The van der Waals surface area contributed by atoms with Gasteiger partial charge in [-0.05, 0) is 60.7 Å². The highest BCUT2D eigenvalue weighted by Crippen LogP contribution is 2.31. The number of benzene rings is 3. The minimum Gasteiger partial charge on any atom is -0.497 e. The number of thioether (sulfide) groups is 1. The molecule has 0 unspecified atom stereocenters. The number of hydrogen-bond donors (Lipinski definition) is 1. The number of ether oxygens (including phenoxy) is 1. The van der Waals surface area contributed by atoms with Crippen LogP contribution in [0, 0.1) is 5.82 Å². The van der Waals surface area contributed by atoms with Gasteiger partial charge in [-0.1, -0.05) is 30.0 Å². The number of imidazole rings is 1. The standard InChI is InChI=1S/C24H20FN3O2S/c1-30-21-13-7-17(8-14-21)22-15-26-24(28(22)20-11-9-18(25)10-12-20)31-16-23(29)27-19-5-3-2-4-6-19/h2-15H,16H2,1H3,(H,27,29). The third-order valence-corrected chi connectivity index (χ3v) is 5.54. The molecule has 1 aromatic heterocycles. The lowest BCUT2D eigenvalue weighted by atomic mass is 10.1. The number of hydrogen-bond acceptors (Lipinski definition) is 4. The number of halogens is 1. The predicted octanol–water partition coefficient (Wildman–Crippen LogP) is 5.42. The summed E-state index contributed by atoms with van der Waals surface area (Å²) >= 11 is 1.32. The first kappa shape index (κ1) is 20.7. The highest BCUT2D eigenvalue weighted by Gasteiger charge is 2.16. The molecular formula is C24H20FN3O2S. The molecule has 0 bridgehead atoms. The first-order valence-electron chi connectivity index (χ1n) is 9.60. The van der Waals surface area contributed by atoms with Gasteiger partial charge in [0.15, 0.2) is 5.16 Å². The van der Waals surface area contributed by atoms with Gasteiger partial charge in [-0.3, -0.25) is 9.36 Å². The van der Waals surface area contributed by atoms with Crippen LogP contribution in [0.3, 0.4) is 0 Å². The van der Waals surface area contributed by atoms with Crippen LogP contribution in [0.2, 0.25) is 0 Å². The summed E-state index contributed by atoms with van der Waals surface area (Å²) in [6.07, 6.45) is 1.75. The Kier molecular flexibility index (Phi) is 6.33. The highest BCUT2D eigenvalue weighted by atomic mass is 32.2. The lowest BCUT2D eigenvalue weighted by molar-refractivity contribution is -0.113. The quantitative estimate of drug-likeness (QED) is 0.396. The minimum atomic E-state index is -0.314. The van der Waals surface area contributed by atoms with E-state index in [2.05, 4.69) is 10.3 Å². The van der Waals surface area contributed by atoms with Crippen molar-refractivity contribution >= 4 is 23.4 Å². The van der Waals surface area contributed by atoms with Crippen LogP contribution in [0.25, 0.3) is 16.9 Å². The number of nitrogens with zero attached hydrogens (tertiary/aromatic N) is 2. The lowest BCUT2D eigenvalue weighted by Crippen LogP contribution is -2.14. The van der Waals surface area contributed by atoms with E-state index in [0.717, 1.165) is 28.4 Å². The number of methoxy groups -OCH3 is 1. The molecule has 0 aliphatic heterocycles. The van der Waals surface area contributed by atoms with Crippen molar-refractivity contribution in [3.05, 3.63) is 90.9 Å². The summed E-state index contributed by atoms with van der Waals surface area (Å²) in [5, 5.41) is 3.51. The van der Waals surface area contributed by atoms with Crippen LogP contribution in [-0.4, -0.2) is 28.3 Å². The van der Waals surface area contributed by atoms with Gasteiger partial charge in [0.05, 0.1) is 24.8 Å². The normalized spacial score (nSPS) is 10.6. The van der Waals surface area contributed by atoms with Gasteiger partial charge in [0.2, 0.25) is 5.91 Å². The largest absolute Gasteiger partial charge is 0.497 e. The first-order valence-corrected chi connectivity index (χ1v) is 10.6. The van der Waals surface area contributed by atoms with Gasteiger partial charge >= 0.3 is 0 Å². The summed E-state index contributed by atoms with van der Waals surface area (Å²) in [4.78, 5) is 16.9. The van der Waals surface area contributed by atoms with E-state index in [1.165, 1.54) is 23.9 Å². The summed E-state index contributed by atoms with van der Waals surface area (Å²) < 4.78 is 20.7. The molecule has 7 heteroatoms. The first-order chi connectivity index (χ1) is 15.1. The Morgan fingerprint density at radius 3 is 2.42 bits per heavy atom. The van der Waals surface area contributed by atoms with Gasteiger partial charge < -0.3 is 10.1 Å². The third-order valence-electron chi connectivity index (χ3n) is 4.59. The van der Waals surface area contributed by atoms with Gasteiger partial charge in [-0.15, -0.1) is 0 Å². The number of nitrogens with one attached hydrogen (secondary N) is 1. The van der Waals surface area contributed by atoms with Crippen molar-refractivity contribution < 1.29 is 13.9 Å². The molecule has 0 radical (unpaired) electrons. The van der Waals surface area contributed by atoms with E-state index in [4.69, 9.17) is 4.74 Å². The maximum Gasteiger partial charge on any atom is 0.234 e. The van der Waals surface area contributed by atoms with Crippen LogP contribution < -0.4 is 10.1 Å². The molecule has 0 saturated heterocycles. The summed E-state index contributed by atoms with van der Waals surface area (Å²) in [6, 6.07) is 23.1. The Balaban J connectivity index is 1.61. The Hall–Kier alpha value is -3.58. The molecule has 156 valence electrons. The van der Waals surface area contributed by atoms with Crippen LogP contribution in [0.5, 0.6) is 5.75 Å². The fourth-order valence-electron chi connectivity index (χ4n) is 3.09. The Labute approximate surface area is 183 Å². The lowest BCUT2D eigenvalue weighted by Gasteiger charge is -2.12. The fourth-order valence-corrected chi connectivity index (χ4v) is 3.88. The number of anilines is 1. The summed E-state index contributed by atoms with van der Waals surface area (Å²) in [5.41, 5.74) is 3.27. The van der Waals surface area contributed by atoms with Gasteiger partial charge in [0.25, 0.3) is 0 Å². The maximum atomic E-state index is 13.5. The SMILES string of the molecule is COc1ccc(-c2cnc(SCC(=O)Nc3ccccc3)n2-c2ccc(F)cc2)cc1. The number of amides is 1. The predicted molar refractivity (Wildman–Crippen MR) is 121 cm³/mol. The van der Waals surface area contributed by atoms with Crippen LogP contribution >= 0.6 is 11.8 Å². The zero-order valence-corrected chi connectivity index (χ0v) is 17.6. The molecule has 3 aromatic carbocycles. The molecule has 4 rings (SSSR count). The number of rotatable bonds is 7. The van der Waals surface area contributed by atoms with Crippen molar-refractivity contribution in [3.63, 3.8) is 0 Å². The minimum absolute atomic E-state index is 0.129. The van der Waals surface area contributed by atoms with Crippen molar-refractivity contribution in [2.24, 2.45) is 0 Å². The summed E-state index contributed by atoms with van der Waals surface area (Å²) in [7, 11) is 1.62. The summed E-state index contributed by atoms with van der Waals surface area (Å²) in [6.45, 7) is 0. The second-order valence-corrected chi connectivity index (χ2v) is 7.61. The number of carbonyl (C=O) groups is 1. The van der Waals surface area contributed by atoms with E-state index in [1.807, 2.05) is 59.2 Å². The molecule has 0 atom stereocenters. The molecule has 0 aliphatic carbocycles. The second-order valence-electron chi connectivity index (χ2n) is 6.67. The van der Waals surface area contributed by atoms with Crippen LogP contribution in [0.1, 0.15) is 0 Å². The zero-order valence-electron chi connectivity index (χ0n) is 16.8. The molecule has 0 fully saturated rings.